The first-order valence-corrected chi connectivity index (χ1v) is 8.04. The van der Waals surface area contributed by atoms with Gasteiger partial charge in [-0.25, -0.2) is 0 Å². The second-order valence-corrected chi connectivity index (χ2v) is 5.48. The Kier molecular flexibility index (Phi) is 6.40. The molecule has 0 unspecified atom stereocenters. The highest BCUT2D eigenvalue weighted by atomic mass is 35.5. The van der Waals surface area contributed by atoms with Crippen LogP contribution in [0.2, 0.25) is 5.02 Å². The second kappa shape index (κ2) is 8.54. The van der Waals surface area contributed by atoms with E-state index in [0.29, 0.717) is 12.5 Å². The van der Waals surface area contributed by atoms with Gasteiger partial charge in [0.15, 0.2) is 5.82 Å². The maximum atomic E-state index is 6.15. The molecule has 1 aromatic heterocycles. The van der Waals surface area contributed by atoms with Gasteiger partial charge in [0.25, 0.3) is 0 Å². The molecule has 2 aromatic rings. The van der Waals surface area contributed by atoms with Crippen molar-refractivity contribution in [1.82, 2.24) is 15.2 Å². The molecule has 1 heterocycles. The van der Waals surface area contributed by atoms with Crippen molar-refractivity contribution in [3.05, 3.63) is 41.0 Å². The third-order valence-electron chi connectivity index (χ3n) is 3.25. The number of hydrogen-bond donors (Lipinski definition) is 1. The molecule has 5 nitrogen and oxygen atoms in total. The summed E-state index contributed by atoms with van der Waals surface area (Å²) in [5, 5.41) is 12.0. The minimum Gasteiger partial charge on any atom is -0.355 e. The summed E-state index contributed by atoms with van der Waals surface area (Å²) in [4.78, 5) is 6.78. The first-order valence-electron chi connectivity index (χ1n) is 7.66. The lowest BCUT2D eigenvalue weighted by molar-refractivity contribution is 0.727. The number of halogens is 1. The quantitative estimate of drug-likeness (QED) is 0.802. The number of rotatable bonds is 8. The summed E-state index contributed by atoms with van der Waals surface area (Å²) in [6.45, 7) is 6.83. The Morgan fingerprint density at radius 1 is 1.14 bits per heavy atom. The molecule has 0 bridgehead atoms. The normalized spacial score (nSPS) is 10.5. The first kappa shape index (κ1) is 16.5. The predicted molar refractivity (Wildman–Crippen MR) is 91.4 cm³/mol. The Morgan fingerprint density at radius 2 is 1.86 bits per heavy atom. The number of hydrogen-bond acceptors (Lipinski definition) is 5. The summed E-state index contributed by atoms with van der Waals surface area (Å²) in [7, 11) is 0. The smallest absolute Gasteiger partial charge is 0.244 e. The van der Waals surface area contributed by atoms with Crippen molar-refractivity contribution in [3.8, 4) is 0 Å². The highest BCUT2D eigenvalue weighted by Crippen LogP contribution is 2.17. The highest BCUT2D eigenvalue weighted by Gasteiger charge is 2.08. The van der Waals surface area contributed by atoms with Crippen LogP contribution in [0.15, 0.2) is 30.5 Å². The van der Waals surface area contributed by atoms with Crippen LogP contribution in [0.25, 0.3) is 0 Å². The van der Waals surface area contributed by atoms with Crippen LogP contribution in [-0.2, 0) is 6.54 Å². The molecule has 0 atom stereocenters. The van der Waals surface area contributed by atoms with Gasteiger partial charge in [0.1, 0.15) is 0 Å². The number of anilines is 2. The van der Waals surface area contributed by atoms with Gasteiger partial charge in [0.2, 0.25) is 5.95 Å². The fourth-order valence-electron chi connectivity index (χ4n) is 2.22. The zero-order valence-electron chi connectivity index (χ0n) is 13.1. The molecule has 6 heteroatoms. The molecule has 1 N–H and O–H groups in total. The van der Waals surface area contributed by atoms with E-state index in [1.165, 1.54) is 0 Å². The Balaban J connectivity index is 2.06. The molecule has 0 saturated carbocycles. The Morgan fingerprint density at radius 3 is 2.55 bits per heavy atom. The number of aromatic nitrogens is 3. The van der Waals surface area contributed by atoms with E-state index in [1.54, 1.807) is 6.20 Å². The van der Waals surface area contributed by atoms with E-state index in [2.05, 4.69) is 39.2 Å². The van der Waals surface area contributed by atoms with E-state index in [1.807, 2.05) is 24.3 Å². The predicted octanol–water partition coefficient (Wildman–Crippen LogP) is 3.76. The molecular formula is C16H22ClN5. The van der Waals surface area contributed by atoms with E-state index in [0.717, 1.165) is 42.3 Å². The summed E-state index contributed by atoms with van der Waals surface area (Å²) in [6.07, 6.45) is 3.87. The molecule has 118 valence electrons. The molecule has 0 fully saturated rings. The average Bonchev–Trinajstić information content (AvgIpc) is 2.54. The maximum absolute atomic E-state index is 6.15. The van der Waals surface area contributed by atoms with Crippen molar-refractivity contribution in [3.63, 3.8) is 0 Å². The van der Waals surface area contributed by atoms with Crippen LogP contribution in [0.5, 0.6) is 0 Å². The van der Waals surface area contributed by atoms with E-state index in [-0.39, 0.29) is 0 Å². The van der Waals surface area contributed by atoms with E-state index in [4.69, 9.17) is 11.6 Å². The molecular weight excluding hydrogens is 298 g/mol. The van der Waals surface area contributed by atoms with E-state index < -0.39 is 0 Å². The molecule has 0 saturated heterocycles. The molecule has 0 aliphatic rings. The molecule has 22 heavy (non-hydrogen) atoms. The second-order valence-electron chi connectivity index (χ2n) is 5.07. The Hall–Kier alpha value is -1.88. The third kappa shape index (κ3) is 4.56. The van der Waals surface area contributed by atoms with Gasteiger partial charge in [0, 0.05) is 24.7 Å². The number of nitrogens with zero attached hydrogens (tertiary/aromatic N) is 4. The van der Waals surface area contributed by atoms with Crippen molar-refractivity contribution in [1.29, 1.82) is 0 Å². The van der Waals surface area contributed by atoms with Crippen LogP contribution in [0.1, 0.15) is 32.3 Å². The van der Waals surface area contributed by atoms with Crippen molar-refractivity contribution >= 4 is 23.4 Å². The van der Waals surface area contributed by atoms with Crippen LogP contribution in [0.4, 0.5) is 11.8 Å². The largest absolute Gasteiger partial charge is 0.355 e. The van der Waals surface area contributed by atoms with Gasteiger partial charge in [-0.1, -0.05) is 43.6 Å². The van der Waals surface area contributed by atoms with E-state index in [9.17, 15) is 0 Å². The third-order valence-corrected chi connectivity index (χ3v) is 3.62. The summed E-state index contributed by atoms with van der Waals surface area (Å²) < 4.78 is 0. The highest BCUT2D eigenvalue weighted by molar-refractivity contribution is 6.31. The Bertz CT molecular complexity index is 584. The van der Waals surface area contributed by atoms with E-state index >= 15 is 0 Å². The number of nitrogens with one attached hydrogen (secondary N) is 1. The van der Waals surface area contributed by atoms with Crippen LogP contribution < -0.4 is 10.2 Å². The molecule has 2 rings (SSSR count). The summed E-state index contributed by atoms with van der Waals surface area (Å²) in [5.74, 6) is 1.38. The molecule has 0 spiro atoms. The lowest BCUT2D eigenvalue weighted by Gasteiger charge is -2.22. The lowest BCUT2D eigenvalue weighted by Crippen LogP contribution is -2.26. The van der Waals surface area contributed by atoms with Gasteiger partial charge in [-0.3, -0.25) is 0 Å². The minimum absolute atomic E-state index is 0.523. The fourth-order valence-corrected chi connectivity index (χ4v) is 2.42. The molecule has 1 aromatic carbocycles. The first-order chi connectivity index (χ1) is 10.7. The standard InChI is InChI=1S/C16H22ClN5/c1-3-9-22(10-4-2)15-12-19-21-16(20-15)18-11-13-7-5-6-8-14(13)17/h5-8,12H,3-4,9-11H2,1-2H3,(H,18,20,21). The number of benzene rings is 1. The fraction of sp³-hybridized carbons (Fsp3) is 0.438. The Labute approximate surface area is 136 Å². The van der Waals surface area contributed by atoms with Crippen molar-refractivity contribution in [2.45, 2.75) is 33.2 Å². The maximum Gasteiger partial charge on any atom is 0.244 e. The molecule has 0 radical (unpaired) electrons. The average molecular weight is 320 g/mol. The van der Waals surface area contributed by atoms with Crippen molar-refractivity contribution < 1.29 is 0 Å². The van der Waals surface area contributed by atoms with Gasteiger partial charge in [0.05, 0.1) is 6.20 Å². The van der Waals surface area contributed by atoms with Crippen LogP contribution >= 0.6 is 11.6 Å². The lowest BCUT2D eigenvalue weighted by atomic mass is 10.2. The van der Waals surface area contributed by atoms with Crippen molar-refractivity contribution in [2.75, 3.05) is 23.3 Å². The molecule has 0 aliphatic heterocycles. The summed E-state index contributed by atoms with van der Waals surface area (Å²) in [5.41, 5.74) is 1.01. The van der Waals surface area contributed by atoms with Gasteiger partial charge in [-0.15, -0.1) is 5.10 Å². The van der Waals surface area contributed by atoms with Gasteiger partial charge < -0.3 is 10.2 Å². The zero-order chi connectivity index (χ0) is 15.8. The monoisotopic (exact) mass is 319 g/mol. The van der Waals surface area contributed by atoms with Crippen LogP contribution in [0.3, 0.4) is 0 Å². The van der Waals surface area contributed by atoms with Gasteiger partial charge in [-0.05, 0) is 24.5 Å². The van der Waals surface area contributed by atoms with Crippen LogP contribution in [-0.4, -0.2) is 28.3 Å². The molecule has 0 amide bonds. The summed E-state index contributed by atoms with van der Waals surface area (Å²) >= 11 is 6.15. The van der Waals surface area contributed by atoms with Gasteiger partial charge >= 0.3 is 0 Å². The van der Waals surface area contributed by atoms with Crippen LogP contribution in [0, 0.1) is 0 Å². The topological polar surface area (TPSA) is 53.9 Å². The zero-order valence-corrected chi connectivity index (χ0v) is 13.8. The minimum atomic E-state index is 0.523. The van der Waals surface area contributed by atoms with Crippen molar-refractivity contribution in [2.24, 2.45) is 0 Å². The SMILES string of the molecule is CCCN(CCC)c1cnnc(NCc2ccccc2Cl)n1. The molecule has 0 aliphatic carbocycles. The summed E-state index contributed by atoms with van der Waals surface area (Å²) in [6, 6.07) is 7.73. The van der Waals surface area contributed by atoms with Gasteiger partial charge in [-0.2, -0.15) is 10.1 Å².